The molecule has 0 aliphatic carbocycles. The zero-order chi connectivity index (χ0) is 19.3. The number of benzene rings is 1. The van der Waals surface area contributed by atoms with Crippen LogP contribution in [0.5, 0.6) is 0 Å². The molecule has 0 amide bonds. The fraction of sp³-hybridized carbons (Fsp3) is 0.300. The predicted molar refractivity (Wildman–Crippen MR) is 109 cm³/mol. The van der Waals surface area contributed by atoms with Crippen LogP contribution < -0.4 is 10.2 Å². The monoisotopic (exact) mass is 374 g/mol. The molecule has 1 fully saturated rings. The number of rotatable bonds is 3. The summed E-state index contributed by atoms with van der Waals surface area (Å²) < 4.78 is 0. The van der Waals surface area contributed by atoms with E-state index in [4.69, 9.17) is 0 Å². The molecule has 3 heterocycles. The van der Waals surface area contributed by atoms with E-state index < -0.39 is 0 Å². The van der Waals surface area contributed by atoms with Crippen LogP contribution in [-0.2, 0) is 0 Å². The second-order valence-electron chi connectivity index (χ2n) is 6.75. The predicted octanol–water partition coefficient (Wildman–Crippen LogP) is 1.80. The second-order valence-corrected chi connectivity index (χ2v) is 6.75. The molecule has 1 aromatic carbocycles. The van der Waals surface area contributed by atoms with Gasteiger partial charge in [0.15, 0.2) is 5.82 Å². The van der Waals surface area contributed by atoms with Crippen molar-refractivity contribution < 1.29 is 0 Å². The van der Waals surface area contributed by atoms with Crippen molar-refractivity contribution in [1.82, 2.24) is 30.0 Å². The summed E-state index contributed by atoms with van der Waals surface area (Å²) in [5.41, 5.74) is 1.88. The molecule has 1 aliphatic heterocycles. The number of hydrogen-bond donors (Lipinski definition) is 2. The fourth-order valence-electron chi connectivity index (χ4n) is 2.87. The van der Waals surface area contributed by atoms with E-state index in [1.54, 1.807) is 0 Å². The van der Waals surface area contributed by atoms with Gasteiger partial charge in [0.25, 0.3) is 0 Å². The summed E-state index contributed by atoms with van der Waals surface area (Å²) in [5, 5.41) is 10.2. The van der Waals surface area contributed by atoms with Gasteiger partial charge >= 0.3 is 0 Å². The molecule has 0 spiro atoms. The number of piperazine rings is 1. The van der Waals surface area contributed by atoms with Crippen LogP contribution in [0.25, 0.3) is 0 Å². The average Bonchev–Trinajstić information content (AvgIpc) is 3.12. The van der Waals surface area contributed by atoms with Crippen molar-refractivity contribution in [3.05, 3.63) is 53.5 Å². The van der Waals surface area contributed by atoms with E-state index in [2.05, 4.69) is 59.2 Å². The summed E-state index contributed by atoms with van der Waals surface area (Å²) in [4.78, 5) is 18.1. The Labute approximate surface area is 164 Å². The lowest BCUT2D eigenvalue weighted by Crippen LogP contribution is -2.45. The maximum Gasteiger partial charge on any atom is 0.234 e. The van der Waals surface area contributed by atoms with E-state index in [1.165, 1.54) is 0 Å². The first-order valence-electron chi connectivity index (χ1n) is 9.21. The molecule has 3 aromatic rings. The largest absolute Gasteiger partial charge is 0.338 e. The van der Waals surface area contributed by atoms with Crippen LogP contribution in [0.4, 0.5) is 17.7 Å². The van der Waals surface area contributed by atoms with Crippen molar-refractivity contribution in [2.45, 2.75) is 6.92 Å². The minimum atomic E-state index is 0.433. The number of nitrogens with zero attached hydrogens (tertiary/aromatic N) is 6. The Kier molecular flexibility index (Phi) is 5.17. The highest BCUT2D eigenvalue weighted by molar-refractivity contribution is 5.51. The van der Waals surface area contributed by atoms with Crippen molar-refractivity contribution in [3.8, 4) is 11.8 Å². The molecule has 8 heteroatoms. The van der Waals surface area contributed by atoms with E-state index in [-0.39, 0.29) is 0 Å². The number of aromatic amines is 1. The van der Waals surface area contributed by atoms with E-state index in [0.717, 1.165) is 37.4 Å². The van der Waals surface area contributed by atoms with E-state index >= 15 is 0 Å². The Morgan fingerprint density at radius 3 is 2.50 bits per heavy atom. The number of anilines is 3. The van der Waals surface area contributed by atoms with Gasteiger partial charge in [-0.15, -0.1) is 0 Å². The highest BCUT2D eigenvalue weighted by atomic mass is 15.3. The number of likely N-dealkylation sites (N-methyl/N-ethyl adjacent to an activating group) is 1. The quantitative estimate of drug-likeness (QED) is 0.676. The average molecular weight is 374 g/mol. The molecule has 28 heavy (non-hydrogen) atoms. The molecule has 0 atom stereocenters. The second kappa shape index (κ2) is 8.06. The smallest absolute Gasteiger partial charge is 0.234 e. The SMILES string of the molecule is Cc1cc(Nc2nc(C#Cc3ccccc3)nc(N3CCN(C)CC3)n2)n[nH]1. The van der Waals surface area contributed by atoms with Gasteiger partial charge < -0.3 is 15.1 Å². The van der Waals surface area contributed by atoms with Crippen LogP contribution in [0.3, 0.4) is 0 Å². The zero-order valence-electron chi connectivity index (χ0n) is 16.0. The van der Waals surface area contributed by atoms with E-state index in [9.17, 15) is 0 Å². The first-order valence-corrected chi connectivity index (χ1v) is 9.21. The Morgan fingerprint density at radius 1 is 1.00 bits per heavy atom. The molecule has 8 nitrogen and oxygen atoms in total. The summed E-state index contributed by atoms with van der Waals surface area (Å²) in [7, 11) is 2.12. The minimum Gasteiger partial charge on any atom is -0.338 e. The summed E-state index contributed by atoms with van der Waals surface area (Å²) in [6.07, 6.45) is 0. The molecule has 0 radical (unpaired) electrons. The highest BCUT2D eigenvalue weighted by Crippen LogP contribution is 2.16. The van der Waals surface area contributed by atoms with Crippen molar-refractivity contribution >= 4 is 17.7 Å². The Hall–Kier alpha value is -3.44. The van der Waals surface area contributed by atoms with Crippen molar-refractivity contribution in [2.24, 2.45) is 0 Å². The third-order valence-corrected chi connectivity index (χ3v) is 4.45. The molecule has 2 aromatic heterocycles. The van der Waals surface area contributed by atoms with Gasteiger partial charge in [-0.1, -0.05) is 24.1 Å². The number of aryl methyl sites for hydroxylation is 1. The standard InChI is InChI=1S/C20H22N8/c1-15-14-18(26-25-15)22-19-21-17(9-8-16-6-4-3-5-7-16)23-20(24-19)28-12-10-27(2)11-13-28/h3-7,14H,10-13H2,1-2H3,(H2,21,22,23,24,25,26). The summed E-state index contributed by atoms with van der Waals surface area (Å²) >= 11 is 0. The van der Waals surface area contributed by atoms with Crippen LogP contribution in [0.1, 0.15) is 17.1 Å². The molecular weight excluding hydrogens is 352 g/mol. The molecule has 1 aliphatic rings. The van der Waals surface area contributed by atoms with Crippen molar-refractivity contribution in [2.75, 3.05) is 43.4 Å². The lowest BCUT2D eigenvalue weighted by Gasteiger charge is -2.32. The van der Waals surface area contributed by atoms with Gasteiger partial charge in [-0.25, -0.2) is 0 Å². The fourth-order valence-corrected chi connectivity index (χ4v) is 2.87. The van der Waals surface area contributed by atoms with Gasteiger partial charge in [0, 0.05) is 43.5 Å². The lowest BCUT2D eigenvalue weighted by molar-refractivity contribution is 0.311. The number of H-pyrrole nitrogens is 1. The van der Waals surface area contributed by atoms with Gasteiger partial charge in [0.2, 0.25) is 17.7 Å². The molecule has 0 bridgehead atoms. The molecular formula is C20H22N8. The van der Waals surface area contributed by atoms with Crippen LogP contribution in [0.15, 0.2) is 36.4 Å². The highest BCUT2D eigenvalue weighted by Gasteiger charge is 2.18. The van der Waals surface area contributed by atoms with Gasteiger partial charge in [0.05, 0.1) is 0 Å². The Morgan fingerprint density at radius 2 is 1.79 bits per heavy atom. The van der Waals surface area contributed by atoms with Crippen molar-refractivity contribution in [1.29, 1.82) is 0 Å². The third-order valence-electron chi connectivity index (χ3n) is 4.45. The van der Waals surface area contributed by atoms with E-state index in [1.807, 2.05) is 43.3 Å². The number of aromatic nitrogens is 5. The molecule has 0 unspecified atom stereocenters. The molecule has 4 rings (SSSR count). The van der Waals surface area contributed by atoms with Gasteiger partial charge in [-0.3, -0.25) is 5.10 Å². The van der Waals surface area contributed by atoms with E-state index in [0.29, 0.717) is 23.5 Å². The van der Waals surface area contributed by atoms with Gasteiger partial charge in [-0.05, 0) is 32.0 Å². The summed E-state index contributed by atoms with van der Waals surface area (Å²) in [5.74, 6) is 8.34. The van der Waals surface area contributed by atoms with Gasteiger partial charge in [0.1, 0.15) is 0 Å². The third kappa shape index (κ3) is 4.45. The van der Waals surface area contributed by atoms with Crippen LogP contribution in [0.2, 0.25) is 0 Å². The van der Waals surface area contributed by atoms with Crippen molar-refractivity contribution in [3.63, 3.8) is 0 Å². The van der Waals surface area contributed by atoms with Gasteiger partial charge in [-0.2, -0.15) is 20.1 Å². The summed E-state index contributed by atoms with van der Waals surface area (Å²) in [6.45, 7) is 5.62. The minimum absolute atomic E-state index is 0.433. The molecule has 1 saturated heterocycles. The zero-order valence-corrected chi connectivity index (χ0v) is 16.0. The van der Waals surface area contributed by atoms with Crippen LogP contribution in [0, 0.1) is 18.8 Å². The maximum atomic E-state index is 4.59. The molecule has 0 saturated carbocycles. The Bertz CT molecular complexity index is 994. The van der Waals surface area contributed by atoms with Crippen LogP contribution >= 0.6 is 0 Å². The maximum absolute atomic E-state index is 4.59. The topological polar surface area (TPSA) is 85.9 Å². The first kappa shape index (κ1) is 17.9. The van der Waals surface area contributed by atoms with Crippen LogP contribution in [-0.4, -0.2) is 63.3 Å². The summed E-state index contributed by atoms with van der Waals surface area (Å²) in [6, 6.07) is 11.7. The molecule has 142 valence electrons. The lowest BCUT2D eigenvalue weighted by atomic mass is 10.2. The number of nitrogens with one attached hydrogen (secondary N) is 2. The first-order chi connectivity index (χ1) is 13.7. The number of hydrogen-bond acceptors (Lipinski definition) is 7. The molecule has 2 N–H and O–H groups in total. The Balaban J connectivity index is 1.65. The normalized spacial score (nSPS) is 14.4.